The highest BCUT2D eigenvalue weighted by Gasteiger charge is 2.39. The molecule has 5 nitrogen and oxygen atoms in total. The van der Waals surface area contributed by atoms with Gasteiger partial charge in [-0.25, -0.2) is 0 Å². The summed E-state index contributed by atoms with van der Waals surface area (Å²) in [4.78, 5) is 24.6. The van der Waals surface area contributed by atoms with Gasteiger partial charge in [-0.15, -0.1) is 11.3 Å². The normalized spacial score (nSPS) is 21.3. The first-order valence-corrected chi connectivity index (χ1v) is 11.0. The van der Waals surface area contributed by atoms with Gasteiger partial charge in [-0.1, -0.05) is 31.9 Å². The summed E-state index contributed by atoms with van der Waals surface area (Å²) in [6, 6.07) is 1.97. The second kappa shape index (κ2) is 10.9. The minimum absolute atomic E-state index is 0.127. The highest BCUT2D eigenvalue weighted by atomic mass is 32.1. The van der Waals surface area contributed by atoms with Gasteiger partial charge in [-0.05, 0) is 50.1 Å². The highest BCUT2D eigenvalue weighted by molar-refractivity contribution is 7.12. The molecule has 2 heterocycles. The van der Waals surface area contributed by atoms with Crippen LogP contribution in [0.5, 0.6) is 0 Å². The zero-order chi connectivity index (χ0) is 20.6. The first kappa shape index (κ1) is 22.8. The number of methoxy groups -OCH3 is 1. The zero-order valence-electron chi connectivity index (χ0n) is 17.4. The van der Waals surface area contributed by atoms with Crippen LogP contribution in [0.1, 0.15) is 81.0 Å². The van der Waals surface area contributed by atoms with Gasteiger partial charge in [-0.2, -0.15) is 0 Å². The third-order valence-corrected chi connectivity index (χ3v) is 5.71. The van der Waals surface area contributed by atoms with E-state index >= 15 is 0 Å². The Bertz CT molecular complexity index is 676. The lowest BCUT2D eigenvalue weighted by molar-refractivity contribution is -0.144. The summed E-state index contributed by atoms with van der Waals surface area (Å²) >= 11 is 1.49. The maximum Gasteiger partial charge on any atom is 0.305 e. The quantitative estimate of drug-likeness (QED) is 0.279. The van der Waals surface area contributed by atoms with Gasteiger partial charge < -0.3 is 14.2 Å². The number of rotatable bonds is 11. The molecule has 1 aliphatic heterocycles. The van der Waals surface area contributed by atoms with Crippen molar-refractivity contribution >= 4 is 29.2 Å². The fourth-order valence-corrected chi connectivity index (χ4v) is 4.18. The molecule has 0 aliphatic carbocycles. The molecule has 0 radical (unpaired) electrons. The number of thiophene rings is 1. The fraction of sp³-hybridized carbons (Fsp3) is 0.636. The Morgan fingerprint density at radius 1 is 1.21 bits per heavy atom. The van der Waals surface area contributed by atoms with E-state index in [1.807, 2.05) is 37.4 Å². The first-order valence-electron chi connectivity index (χ1n) is 10.1. The maximum absolute atomic E-state index is 12.5. The number of hydrogen-bond donors (Lipinski definition) is 0. The third-order valence-electron chi connectivity index (χ3n) is 4.74. The predicted molar refractivity (Wildman–Crippen MR) is 112 cm³/mol. The second-order valence-electron chi connectivity index (χ2n) is 7.55. The van der Waals surface area contributed by atoms with Crippen molar-refractivity contribution in [3.63, 3.8) is 0 Å². The molecular formula is C22H32O5S. The van der Waals surface area contributed by atoms with Gasteiger partial charge in [0.25, 0.3) is 0 Å². The Balaban J connectivity index is 2.00. The van der Waals surface area contributed by atoms with Gasteiger partial charge in [0.1, 0.15) is 6.10 Å². The fourth-order valence-electron chi connectivity index (χ4n) is 3.32. The molecule has 0 spiro atoms. The van der Waals surface area contributed by atoms with Crippen LogP contribution in [0.15, 0.2) is 17.5 Å². The summed E-state index contributed by atoms with van der Waals surface area (Å²) in [5, 5.41) is 1.95. The van der Waals surface area contributed by atoms with E-state index in [-0.39, 0.29) is 24.0 Å². The average molecular weight is 409 g/mol. The summed E-state index contributed by atoms with van der Waals surface area (Å²) < 4.78 is 16.7. The number of Topliss-reactive ketones (excluding diaryl/α,β-unsaturated/α-hetero) is 1. The van der Waals surface area contributed by atoms with Crippen molar-refractivity contribution < 1.29 is 23.8 Å². The molecule has 1 aromatic rings. The van der Waals surface area contributed by atoms with E-state index in [1.165, 1.54) is 18.4 Å². The van der Waals surface area contributed by atoms with E-state index in [0.717, 1.165) is 29.7 Å². The van der Waals surface area contributed by atoms with Crippen LogP contribution >= 0.6 is 11.3 Å². The molecule has 2 atom stereocenters. The molecule has 1 aromatic heterocycles. The van der Waals surface area contributed by atoms with Crippen LogP contribution in [-0.4, -0.2) is 36.9 Å². The Kier molecular flexibility index (Phi) is 8.86. The zero-order valence-corrected chi connectivity index (χ0v) is 18.2. The molecule has 0 N–H and O–H groups in total. The van der Waals surface area contributed by atoms with Crippen LogP contribution in [0.4, 0.5) is 0 Å². The van der Waals surface area contributed by atoms with Gasteiger partial charge in [-0.3, -0.25) is 9.59 Å². The smallest absolute Gasteiger partial charge is 0.305 e. The minimum atomic E-state index is -0.668. The second-order valence-corrected chi connectivity index (χ2v) is 8.47. The summed E-state index contributed by atoms with van der Waals surface area (Å²) in [6.45, 7) is 5.92. The number of hydrogen-bond acceptors (Lipinski definition) is 6. The molecule has 1 saturated heterocycles. The molecule has 0 aromatic carbocycles. The molecule has 0 unspecified atom stereocenters. The summed E-state index contributed by atoms with van der Waals surface area (Å²) in [5.74, 6) is -0.672. The molecular weight excluding hydrogens is 376 g/mol. The lowest BCUT2D eigenvalue weighted by Crippen LogP contribution is -2.21. The van der Waals surface area contributed by atoms with E-state index in [2.05, 4.69) is 6.92 Å². The predicted octanol–water partition coefficient (Wildman–Crippen LogP) is 5.39. The average Bonchev–Trinajstić information content (AvgIpc) is 3.23. The Labute approximate surface area is 172 Å². The van der Waals surface area contributed by atoms with Crippen LogP contribution in [0.25, 0.3) is 6.08 Å². The molecule has 0 amide bonds. The monoisotopic (exact) mass is 408 g/mol. The van der Waals surface area contributed by atoms with Gasteiger partial charge >= 0.3 is 5.97 Å². The SMILES string of the molecule is CCCCCC(=O)c1sccc1/C=C/[C@H]1OC(C)(C)O[C@H]1CCCC(=O)OC. The Morgan fingerprint density at radius 2 is 2.00 bits per heavy atom. The van der Waals surface area contributed by atoms with E-state index < -0.39 is 5.79 Å². The molecule has 2 rings (SSSR count). The number of esters is 1. The van der Waals surface area contributed by atoms with Crippen molar-refractivity contribution in [2.45, 2.75) is 83.7 Å². The number of carbonyl (C=O) groups excluding carboxylic acids is 2. The third kappa shape index (κ3) is 6.83. The molecule has 1 aliphatic rings. The van der Waals surface area contributed by atoms with Crippen LogP contribution in [0.2, 0.25) is 0 Å². The molecule has 156 valence electrons. The lowest BCUT2D eigenvalue weighted by atomic mass is 10.0. The van der Waals surface area contributed by atoms with Gasteiger partial charge in [0, 0.05) is 12.8 Å². The van der Waals surface area contributed by atoms with E-state index in [4.69, 9.17) is 14.2 Å². The topological polar surface area (TPSA) is 61.8 Å². The van der Waals surface area contributed by atoms with E-state index in [1.54, 1.807) is 0 Å². The van der Waals surface area contributed by atoms with Crippen molar-refractivity contribution in [1.29, 1.82) is 0 Å². The number of carbonyl (C=O) groups is 2. The van der Waals surface area contributed by atoms with Crippen molar-refractivity contribution in [3.8, 4) is 0 Å². The van der Waals surface area contributed by atoms with Crippen molar-refractivity contribution in [2.75, 3.05) is 7.11 Å². The molecule has 0 bridgehead atoms. The molecule has 6 heteroatoms. The van der Waals surface area contributed by atoms with Gasteiger partial charge in [0.05, 0.1) is 18.1 Å². The summed E-state index contributed by atoms with van der Waals surface area (Å²) in [6.07, 6.45) is 9.08. The van der Waals surface area contributed by atoms with Crippen LogP contribution < -0.4 is 0 Å². The lowest BCUT2D eigenvalue weighted by Gasteiger charge is -2.16. The van der Waals surface area contributed by atoms with E-state index in [0.29, 0.717) is 25.7 Å². The van der Waals surface area contributed by atoms with Crippen molar-refractivity contribution in [1.82, 2.24) is 0 Å². The number of unbranched alkanes of at least 4 members (excludes halogenated alkanes) is 2. The minimum Gasteiger partial charge on any atom is -0.469 e. The van der Waals surface area contributed by atoms with Crippen molar-refractivity contribution in [3.05, 3.63) is 28.0 Å². The Morgan fingerprint density at radius 3 is 2.71 bits per heavy atom. The largest absolute Gasteiger partial charge is 0.469 e. The van der Waals surface area contributed by atoms with Crippen molar-refractivity contribution in [2.24, 2.45) is 0 Å². The van der Waals surface area contributed by atoms with Crippen LogP contribution in [-0.2, 0) is 19.0 Å². The number of ketones is 1. The molecule has 1 fully saturated rings. The highest BCUT2D eigenvalue weighted by Crippen LogP contribution is 2.32. The van der Waals surface area contributed by atoms with Crippen LogP contribution in [0, 0.1) is 0 Å². The molecule has 0 saturated carbocycles. The first-order chi connectivity index (χ1) is 13.4. The van der Waals surface area contributed by atoms with Gasteiger partial charge in [0.15, 0.2) is 11.6 Å². The molecule has 28 heavy (non-hydrogen) atoms. The summed E-state index contributed by atoms with van der Waals surface area (Å²) in [7, 11) is 1.40. The van der Waals surface area contributed by atoms with E-state index in [9.17, 15) is 9.59 Å². The van der Waals surface area contributed by atoms with Crippen LogP contribution in [0.3, 0.4) is 0 Å². The standard InChI is InChI=1S/C22H32O5S/c1-5-6-7-9-17(23)21-16(14-15-28-21)12-13-19-18(26-22(2,3)27-19)10-8-11-20(24)25-4/h12-15,18-19H,5-11H2,1-4H3/b13-12+/t18-,19+/m0/s1. The number of ether oxygens (including phenoxy) is 3. The summed E-state index contributed by atoms with van der Waals surface area (Å²) in [5.41, 5.74) is 0.938. The Hall–Kier alpha value is -1.50. The van der Waals surface area contributed by atoms with Gasteiger partial charge in [0.2, 0.25) is 0 Å². The maximum atomic E-state index is 12.5.